The van der Waals surface area contributed by atoms with E-state index in [0.29, 0.717) is 10.0 Å². The maximum Gasteiger partial charge on any atom is 0.326 e. The van der Waals surface area contributed by atoms with Gasteiger partial charge in [0.15, 0.2) is 0 Å². The first kappa shape index (κ1) is 13.7. The number of carbonyl (C=O) groups excluding carboxylic acids is 1. The van der Waals surface area contributed by atoms with E-state index in [9.17, 15) is 9.59 Å². The number of halogens is 1. The van der Waals surface area contributed by atoms with E-state index in [-0.39, 0.29) is 5.92 Å². The molecule has 1 aromatic rings. The Kier molecular flexibility index (Phi) is 4.69. The molecule has 0 radical (unpaired) electrons. The topological polar surface area (TPSA) is 66.4 Å². The molecule has 0 bridgehead atoms. The van der Waals surface area contributed by atoms with Gasteiger partial charge < -0.3 is 10.4 Å². The van der Waals surface area contributed by atoms with Crippen LogP contribution in [-0.2, 0) is 4.79 Å². The standard InChI is InChI=1S/C12H14BrNO3/c1-7(2)10(12(16)17)14-11(15)8-5-3-4-6-9(8)13/h3-7,10H,1-2H3,(H,14,15)(H,16,17)/t10-/m1/s1. The molecule has 1 amide bonds. The molecular weight excluding hydrogens is 286 g/mol. The van der Waals surface area contributed by atoms with Gasteiger partial charge in [-0.05, 0) is 34.0 Å². The first-order chi connectivity index (χ1) is 7.93. The predicted molar refractivity (Wildman–Crippen MR) is 67.9 cm³/mol. The van der Waals surface area contributed by atoms with Crippen LogP contribution in [0.1, 0.15) is 24.2 Å². The lowest BCUT2D eigenvalue weighted by molar-refractivity contribution is -0.140. The van der Waals surface area contributed by atoms with Gasteiger partial charge in [-0.3, -0.25) is 4.79 Å². The van der Waals surface area contributed by atoms with Crippen molar-refractivity contribution in [3.8, 4) is 0 Å². The van der Waals surface area contributed by atoms with Crippen molar-refractivity contribution in [2.45, 2.75) is 19.9 Å². The highest BCUT2D eigenvalue weighted by molar-refractivity contribution is 9.10. The molecule has 0 saturated heterocycles. The fraction of sp³-hybridized carbons (Fsp3) is 0.333. The smallest absolute Gasteiger partial charge is 0.326 e. The lowest BCUT2D eigenvalue weighted by atomic mass is 10.0. The summed E-state index contributed by atoms with van der Waals surface area (Å²) < 4.78 is 0.644. The van der Waals surface area contributed by atoms with Crippen LogP contribution >= 0.6 is 15.9 Å². The Bertz CT molecular complexity index is 432. The number of carboxylic acids is 1. The Morgan fingerprint density at radius 1 is 1.29 bits per heavy atom. The van der Waals surface area contributed by atoms with Gasteiger partial charge in [0, 0.05) is 4.47 Å². The highest BCUT2D eigenvalue weighted by Crippen LogP contribution is 2.16. The molecule has 17 heavy (non-hydrogen) atoms. The van der Waals surface area contributed by atoms with Crippen LogP contribution in [0, 0.1) is 5.92 Å². The van der Waals surface area contributed by atoms with Gasteiger partial charge in [-0.1, -0.05) is 26.0 Å². The van der Waals surface area contributed by atoms with Crippen LogP contribution in [0.2, 0.25) is 0 Å². The van der Waals surface area contributed by atoms with E-state index >= 15 is 0 Å². The molecule has 4 nitrogen and oxygen atoms in total. The molecule has 0 aliphatic rings. The van der Waals surface area contributed by atoms with Crippen LogP contribution in [0.25, 0.3) is 0 Å². The molecular formula is C12H14BrNO3. The van der Waals surface area contributed by atoms with Crippen molar-refractivity contribution in [2.75, 3.05) is 0 Å². The van der Waals surface area contributed by atoms with E-state index in [1.54, 1.807) is 38.1 Å². The van der Waals surface area contributed by atoms with Crippen LogP contribution in [0.5, 0.6) is 0 Å². The lowest BCUT2D eigenvalue weighted by Crippen LogP contribution is -2.44. The fourth-order valence-corrected chi connectivity index (χ4v) is 1.84. The first-order valence-corrected chi connectivity index (χ1v) is 6.01. The average Bonchev–Trinajstić information content (AvgIpc) is 2.25. The zero-order chi connectivity index (χ0) is 13.0. The van der Waals surface area contributed by atoms with Crippen LogP contribution in [-0.4, -0.2) is 23.0 Å². The molecule has 2 N–H and O–H groups in total. The van der Waals surface area contributed by atoms with E-state index in [2.05, 4.69) is 21.2 Å². The molecule has 5 heteroatoms. The van der Waals surface area contributed by atoms with Crippen LogP contribution in [0.4, 0.5) is 0 Å². The number of carboxylic acid groups (broad SMARTS) is 1. The second-order valence-corrected chi connectivity index (χ2v) is 4.87. The third kappa shape index (κ3) is 3.56. The third-order valence-corrected chi connectivity index (χ3v) is 3.03. The summed E-state index contributed by atoms with van der Waals surface area (Å²) in [4.78, 5) is 22.8. The summed E-state index contributed by atoms with van der Waals surface area (Å²) in [6.45, 7) is 3.50. The Balaban J connectivity index is 2.85. The summed E-state index contributed by atoms with van der Waals surface area (Å²) in [5.41, 5.74) is 0.430. The average molecular weight is 300 g/mol. The minimum absolute atomic E-state index is 0.168. The molecule has 1 atom stereocenters. The first-order valence-electron chi connectivity index (χ1n) is 5.21. The minimum Gasteiger partial charge on any atom is -0.480 e. The third-order valence-electron chi connectivity index (χ3n) is 2.34. The molecule has 0 heterocycles. The van der Waals surface area contributed by atoms with Gasteiger partial charge in [-0.15, -0.1) is 0 Å². The number of nitrogens with one attached hydrogen (secondary N) is 1. The summed E-state index contributed by atoms with van der Waals surface area (Å²) in [5, 5.41) is 11.5. The number of rotatable bonds is 4. The molecule has 0 fully saturated rings. The molecule has 0 spiro atoms. The largest absolute Gasteiger partial charge is 0.480 e. The maximum absolute atomic E-state index is 11.9. The number of aliphatic carboxylic acids is 1. The quantitative estimate of drug-likeness (QED) is 0.896. The minimum atomic E-state index is -1.03. The molecule has 0 unspecified atom stereocenters. The monoisotopic (exact) mass is 299 g/mol. The van der Waals surface area contributed by atoms with Gasteiger partial charge in [0.2, 0.25) is 0 Å². The highest BCUT2D eigenvalue weighted by Gasteiger charge is 2.24. The van der Waals surface area contributed by atoms with Crippen molar-refractivity contribution in [2.24, 2.45) is 5.92 Å². The van der Waals surface area contributed by atoms with E-state index in [4.69, 9.17) is 5.11 Å². The zero-order valence-corrected chi connectivity index (χ0v) is 11.2. The van der Waals surface area contributed by atoms with Crippen molar-refractivity contribution in [1.29, 1.82) is 0 Å². The van der Waals surface area contributed by atoms with Crippen molar-refractivity contribution < 1.29 is 14.7 Å². The number of carbonyl (C=O) groups is 2. The Labute approximate surface area is 108 Å². The fourth-order valence-electron chi connectivity index (χ4n) is 1.38. The predicted octanol–water partition coefficient (Wildman–Crippen LogP) is 2.29. The highest BCUT2D eigenvalue weighted by atomic mass is 79.9. The van der Waals surface area contributed by atoms with Crippen LogP contribution < -0.4 is 5.32 Å². The van der Waals surface area contributed by atoms with Crippen molar-refractivity contribution in [3.63, 3.8) is 0 Å². The van der Waals surface area contributed by atoms with Crippen molar-refractivity contribution >= 4 is 27.8 Å². The van der Waals surface area contributed by atoms with Crippen LogP contribution in [0.15, 0.2) is 28.7 Å². The summed E-state index contributed by atoms with van der Waals surface area (Å²) in [5.74, 6) is -1.59. The van der Waals surface area contributed by atoms with E-state index in [0.717, 1.165) is 0 Å². The normalized spacial score (nSPS) is 12.2. The maximum atomic E-state index is 11.9. The van der Waals surface area contributed by atoms with Gasteiger partial charge in [-0.2, -0.15) is 0 Å². The molecule has 92 valence electrons. The number of hydrogen-bond acceptors (Lipinski definition) is 2. The van der Waals surface area contributed by atoms with Gasteiger partial charge in [-0.25, -0.2) is 4.79 Å². The van der Waals surface area contributed by atoms with Gasteiger partial charge >= 0.3 is 5.97 Å². The molecule has 1 aromatic carbocycles. The van der Waals surface area contributed by atoms with Gasteiger partial charge in [0.05, 0.1) is 5.56 Å². The van der Waals surface area contributed by atoms with Gasteiger partial charge in [0.1, 0.15) is 6.04 Å². The zero-order valence-electron chi connectivity index (χ0n) is 9.61. The molecule has 0 aromatic heterocycles. The van der Waals surface area contributed by atoms with E-state index in [1.807, 2.05) is 0 Å². The summed E-state index contributed by atoms with van der Waals surface area (Å²) in [6, 6.07) is 6.01. The lowest BCUT2D eigenvalue weighted by Gasteiger charge is -2.18. The number of benzene rings is 1. The molecule has 0 saturated carbocycles. The molecule has 0 aliphatic heterocycles. The van der Waals surface area contributed by atoms with Crippen LogP contribution in [0.3, 0.4) is 0 Å². The van der Waals surface area contributed by atoms with Gasteiger partial charge in [0.25, 0.3) is 5.91 Å². The van der Waals surface area contributed by atoms with Crippen molar-refractivity contribution in [3.05, 3.63) is 34.3 Å². The number of amides is 1. The second-order valence-electron chi connectivity index (χ2n) is 4.01. The van der Waals surface area contributed by atoms with Crippen molar-refractivity contribution in [1.82, 2.24) is 5.32 Å². The Morgan fingerprint density at radius 3 is 2.35 bits per heavy atom. The Morgan fingerprint density at radius 2 is 1.88 bits per heavy atom. The second kappa shape index (κ2) is 5.82. The summed E-state index contributed by atoms with van der Waals surface area (Å²) >= 11 is 3.25. The molecule has 1 rings (SSSR count). The Hall–Kier alpha value is -1.36. The van der Waals surface area contributed by atoms with E-state index < -0.39 is 17.9 Å². The SMILES string of the molecule is CC(C)[C@@H](NC(=O)c1ccccc1Br)C(=O)O. The molecule has 0 aliphatic carbocycles. The van der Waals surface area contributed by atoms with E-state index in [1.165, 1.54) is 0 Å². The number of hydrogen-bond donors (Lipinski definition) is 2. The summed E-state index contributed by atoms with van der Waals surface area (Å²) in [7, 11) is 0. The summed E-state index contributed by atoms with van der Waals surface area (Å²) in [6.07, 6.45) is 0.